The Bertz CT molecular complexity index is 466. The summed E-state index contributed by atoms with van der Waals surface area (Å²) >= 11 is 10.4. The SMILES string of the molecule is Cc1ccc(CC(C)(C)C2CCC(C)CC2Br)c(Cl)c1. The van der Waals surface area contributed by atoms with Crippen LogP contribution in [-0.4, -0.2) is 4.83 Å². The molecule has 3 atom stereocenters. The molecule has 0 spiro atoms. The average Bonchev–Trinajstić information content (AvgIpc) is 2.32. The molecule has 1 saturated carbocycles. The first kappa shape index (κ1) is 16.4. The van der Waals surface area contributed by atoms with E-state index >= 15 is 0 Å². The third-order valence-corrected chi connectivity index (χ3v) is 6.26. The number of halogens is 2. The first-order chi connectivity index (χ1) is 9.29. The summed E-state index contributed by atoms with van der Waals surface area (Å²) in [5, 5.41) is 0.924. The maximum absolute atomic E-state index is 6.42. The minimum Gasteiger partial charge on any atom is -0.0887 e. The van der Waals surface area contributed by atoms with Crippen molar-refractivity contribution in [1.82, 2.24) is 0 Å². The molecule has 2 rings (SSSR count). The Kier molecular flexibility index (Phi) is 5.24. The smallest absolute Gasteiger partial charge is 0.0440 e. The van der Waals surface area contributed by atoms with Crippen LogP contribution in [0.25, 0.3) is 0 Å². The van der Waals surface area contributed by atoms with Crippen molar-refractivity contribution >= 4 is 27.5 Å². The average molecular weight is 358 g/mol. The molecule has 112 valence electrons. The first-order valence-corrected chi connectivity index (χ1v) is 8.98. The van der Waals surface area contributed by atoms with Crippen LogP contribution in [0.2, 0.25) is 5.02 Å². The summed E-state index contributed by atoms with van der Waals surface area (Å²) in [5.41, 5.74) is 2.81. The molecule has 0 aliphatic heterocycles. The van der Waals surface area contributed by atoms with E-state index in [-0.39, 0.29) is 5.41 Å². The maximum Gasteiger partial charge on any atom is 0.0440 e. The van der Waals surface area contributed by atoms with Gasteiger partial charge in [0, 0.05) is 9.85 Å². The number of hydrogen-bond acceptors (Lipinski definition) is 0. The van der Waals surface area contributed by atoms with Crippen LogP contribution >= 0.6 is 27.5 Å². The normalized spacial score (nSPS) is 27.6. The molecule has 0 nitrogen and oxygen atoms in total. The highest BCUT2D eigenvalue weighted by Crippen LogP contribution is 2.45. The van der Waals surface area contributed by atoms with Crippen molar-refractivity contribution in [2.45, 2.75) is 58.2 Å². The zero-order valence-corrected chi connectivity index (χ0v) is 15.4. The monoisotopic (exact) mass is 356 g/mol. The lowest BCUT2D eigenvalue weighted by atomic mass is 9.66. The van der Waals surface area contributed by atoms with Crippen molar-refractivity contribution in [2.24, 2.45) is 17.3 Å². The van der Waals surface area contributed by atoms with Gasteiger partial charge in [-0.05, 0) is 60.6 Å². The van der Waals surface area contributed by atoms with Crippen LogP contribution in [-0.2, 0) is 6.42 Å². The molecule has 1 aliphatic rings. The number of hydrogen-bond donors (Lipinski definition) is 0. The Hall–Kier alpha value is -0.0100. The number of benzene rings is 1. The third kappa shape index (κ3) is 3.80. The van der Waals surface area contributed by atoms with Gasteiger partial charge in [-0.25, -0.2) is 0 Å². The van der Waals surface area contributed by atoms with Gasteiger partial charge in [-0.2, -0.15) is 0 Å². The fourth-order valence-corrected chi connectivity index (χ4v) is 5.53. The molecule has 20 heavy (non-hydrogen) atoms. The van der Waals surface area contributed by atoms with Crippen LogP contribution in [0, 0.1) is 24.2 Å². The van der Waals surface area contributed by atoms with Gasteiger partial charge in [0.05, 0.1) is 0 Å². The van der Waals surface area contributed by atoms with E-state index in [9.17, 15) is 0 Å². The molecule has 0 heterocycles. The quantitative estimate of drug-likeness (QED) is 0.548. The van der Waals surface area contributed by atoms with Gasteiger partial charge in [-0.1, -0.05) is 66.9 Å². The Morgan fingerprint density at radius 3 is 2.60 bits per heavy atom. The minimum atomic E-state index is 0.285. The summed E-state index contributed by atoms with van der Waals surface area (Å²) in [7, 11) is 0. The Balaban J connectivity index is 2.14. The molecule has 1 aliphatic carbocycles. The second kappa shape index (κ2) is 6.40. The predicted octanol–water partition coefficient (Wildman–Crippen LogP) is 6.42. The summed E-state index contributed by atoms with van der Waals surface area (Å²) in [4.78, 5) is 0.644. The second-order valence-corrected chi connectivity index (χ2v) is 8.88. The summed E-state index contributed by atoms with van der Waals surface area (Å²) in [5.74, 6) is 1.59. The Morgan fingerprint density at radius 2 is 2.00 bits per heavy atom. The highest BCUT2D eigenvalue weighted by atomic mass is 79.9. The highest BCUT2D eigenvalue weighted by Gasteiger charge is 2.38. The number of alkyl halides is 1. The molecule has 2 heteroatoms. The predicted molar refractivity (Wildman–Crippen MR) is 92.9 cm³/mol. The Labute approximate surface area is 137 Å². The number of aryl methyl sites for hydroxylation is 1. The molecule has 3 unspecified atom stereocenters. The topological polar surface area (TPSA) is 0 Å². The van der Waals surface area contributed by atoms with E-state index in [0.717, 1.165) is 23.3 Å². The standard InChI is InChI=1S/C18H26BrCl/c1-12-6-8-15(16(19)9-12)18(3,4)11-14-7-5-13(2)10-17(14)20/h5,7,10,12,15-16H,6,8-9,11H2,1-4H3. The molecule has 0 saturated heterocycles. The minimum absolute atomic E-state index is 0.285. The van der Waals surface area contributed by atoms with Gasteiger partial charge < -0.3 is 0 Å². The van der Waals surface area contributed by atoms with Crippen LogP contribution < -0.4 is 0 Å². The fraction of sp³-hybridized carbons (Fsp3) is 0.667. The lowest BCUT2D eigenvalue weighted by molar-refractivity contribution is 0.147. The first-order valence-electron chi connectivity index (χ1n) is 7.68. The summed E-state index contributed by atoms with van der Waals surface area (Å²) in [6, 6.07) is 6.46. The van der Waals surface area contributed by atoms with Crippen molar-refractivity contribution in [3.05, 3.63) is 34.3 Å². The van der Waals surface area contributed by atoms with Gasteiger partial charge in [0.15, 0.2) is 0 Å². The van der Waals surface area contributed by atoms with E-state index in [4.69, 9.17) is 11.6 Å². The molecular formula is C18H26BrCl. The van der Waals surface area contributed by atoms with E-state index in [2.05, 4.69) is 61.8 Å². The Morgan fingerprint density at radius 1 is 1.30 bits per heavy atom. The highest BCUT2D eigenvalue weighted by molar-refractivity contribution is 9.09. The lowest BCUT2D eigenvalue weighted by Crippen LogP contribution is -2.37. The molecule has 0 amide bonds. The van der Waals surface area contributed by atoms with Gasteiger partial charge in [0.25, 0.3) is 0 Å². The molecule has 1 aromatic rings. The van der Waals surface area contributed by atoms with Crippen LogP contribution in [0.5, 0.6) is 0 Å². The molecule has 0 radical (unpaired) electrons. The summed E-state index contributed by atoms with van der Waals surface area (Å²) in [6.07, 6.45) is 5.05. The molecule has 0 bridgehead atoms. The van der Waals surface area contributed by atoms with Crippen molar-refractivity contribution in [3.8, 4) is 0 Å². The summed E-state index contributed by atoms with van der Waals surface area (Å²) < 4.78 is 0. The maximum atomic E-state index is 6.42. The fourth-order valence-electron chi connectivity index (χ4n) is 3.61. The van der Waals surface area contributed by atoms with Gasteiger partial charge in [0.2, 0.25) is 0 Å². The van der Waals surface area contributed by atoms with E-state index < -0.39 is 0 Å². The van der Waals surface area contributed by atoms with Gasteiger partial charge >= 0.3 is 0 Å². The molecule has 1 aromatic carbocycles. The largest absolute Gasteiger partial charge is 0.0887 e. The molecule has 1 fully saturated rings. The second-order valence-electron chi connectivity index (χ2n) is 7.30. The molecule has 0 N–H and O–H groups in total. The van der Waals surface area contributed by atoms with Crippen LogP contribution in [0.1, 0.15) is 51.2 Å². The van der Waals surface area contributed by atoms with Crippen molar-refractivity contribution in [3.63, 3.8) is 0 Å². The molecular weight excluding hydrogens is 332 g/mol. The van der Waals surface area contributed by atoms with Crippen LogP contribution in [0.4, 0.5) is 0 Å². The van der Waals surface area contributed by atoms with Crippen LogP contribution in [0.15, 0.2) is 18.2 Å². The molecule has 0 aromatic heterocycles. The van der Waals surface area contributed by atoms with Crippen LogP contribution in [0.3, 0.4) is 0 Å². The lowest BCUT2D eigenvalue weighted by Gasteiger charge is -2.42. The van der Waals surface area contributed by atoms with Crippen molar-refractivity contribution in [2.75, 3.05) is 0 Å². The van der Waals surface area contributed by atoms with E-state index in [1.165, 1.54) is 30.4 Å². The van der Waals surface area contributed by atoms with Gasteiger partial charge in [-0.15, -0.1) is 0 Å². The summed E-state index contributed by atoms with van der Waals surface area (Å²) in [6.45, 7) is 9.27. The van der Waals surface area contributed by atoms with Crippen molar-refractivity contribution < 1.29 is 0 Å². The van der Waals surface area contributed by atoms with Gasteiger partial charge in [-0.3, -0.25) is 0 Å². The van der Waals surface area contributed by atoms with E-state index in [1.807, 2.05) is 0 Å². The van der Waals surface area contributed by atoms with E-state index in [0.29, 0.717) is 4.83 Å². The zero-order chi connectivity index (χ0) is 14.9. The number of rotatable bonds is 3. The zero-order valence-electron chi connectivity index (χ0n) is 13.0. The third-order valence-electron chi connectivity index (χ3n) is 4.89. The van der Waals surface area contributed by atoms with E-state index in [1.54, 1.807) is 0 Å². The van der Waals surface area contributed by atoms with Gasteiger partial charge in [0.1, 0.15) is 0 Å². The van der Waals surface area contributed by atoms with Crippen molar-refractivity contribution in [1.29, 1.82) is 0 Å².